The maximum absolute atomic E-state index is 8.99. The number of hydrogen-bond acceptors (Lipinski definition) is 3. The molecule has 0 spiro atoms. The van der Waals surface area contributed by atoms with Crippen molar-refractivity contribution < 1.29 is 5.11 Å². The van der Waals surface area contributed by atoms with Crippen LogP contribution in [-0.4, -0.2) is 17.8 Å². The molecule has 0 aliphatic rings. The molecule has 0 aliphatic carbocycles. The summed E-state index contributed by atoms with van der Waals surface area (Å²) in [6.45, 7) is 6.81. The van der Waals surface area contributed by atoms with Gasteiger partial charge in [-0.05, 0) is 41.7 Å². The summed E-state index contributed by atoms with van der Waals surface area (Å²) in [7, 11) is 0. The minimum absolute atomic E-state index is 0.256. The summed E-state index contributed by atoms with van der Waals surface area (Å²) in [6, 6.07) is 2.92. The summed E-state index contributed by atoms with van der Waals surface area (Å²) in [5.74, 6) is 0.554. The Kier molecular flexibility index (Phi) is 5.29. The minimum atomic E-state index is 0.256. The van der Waals surface area contributed by atoms with Crippen molar-refractivity contribution in [3.63, 3.8) is 0 Å². The monoisotopic (exact) mass is 227 g/mol. The van der Waals surface area contributed by atoms with Gasteiger partial charge in [-0.25, -0.2) is 0 Å². The van der Waals surface area contributed by atoms with E-state index in [1.165, 1.54) is 5.56 Å². The molecule has 0 radical (unpaired) electrons. The molecule has 86 valence electrons. The normalized spacial score (nSPS) is 15.5. The lowest BCUT2D eigenvalue weighted by Gasteiger charge is -2.25. The van der Waals surface area contributed by atoms with Crippen molar-refractivity contribution in [3.8, 4) is 0 Å². The van der Waals surface area contributed by atoms with Crippen molar-refractivity contribution in [2.24, 2.45) is 5.92 Å². The van der Waals surface area contributed by atoms with Gasteiger partial charge in [0.1, 0.15) is 0 Å². The average molecular weight is 227 g/mol. The molecule has 2 nitrogen and oxygen atoms in total. The van der Waals surface area contributed by atoms with Crippen molar-refractivity contribution >= 4 is 11.3 Å². The summed E-state index contributed by atoms with van der Waals surface area (Å²) < 4.78 is 0. The molecule has 2 unspecified atom stereocenters. The fraction of sp³-hybridized carbons (Fsp3) is 0.667. The van der Waals surface area contributed by atoms with Crippen LogP contribution in [0.1, 0.15) is 38.8 Å². The molecule has 0 bridgehead atoms. The van der Waals surface area contributed by atoms with Crippen LogP contribution in [0.4, 0.5) is 0 Å². The van der Waals surface area contributed by atoms with Gasteiger partial charge >= 0.3 is 0 Å². The van der Waals surface area contributed by atoms with Gasteiger partial charge in [0.15, 0.2) is 0 Å². The second kappa shape index (κ2) is 6.26. The standard InChI is InChI=1S/C12H21NOS/c1-9(2)12(4-6-14)13-10(3)11-5-7-15-8-11/h5,7-10,12-14H,4,6H2,1-3H3. The number of aliphatic hydroxyl groups is 1. The summed E-state index contributed by atoms with van der Waals surface area (Å²) >= 11 is 1.73. The molecule has 1 aromatic rings. The van der Waals surface area contributed by atoms with Crippen LogP contribution in [0.5, 0.6) is 0 Å². The highest BCUT2D eigenvalue weighted by Crippen LogP contribution is 2.18. The first kappa shape index (κ1) is 12.7. The second-order valence-electron chi connectivity index (χ2n) is 4.31. The van der Waals surface area contributed by atoms with Gasteiger partial charge in [-0.15, -0.1) is 0 Å². The highest BCUT2D eigenvalue weighted by atomic mass is 32.1. The van der Waals surface area contributed by atoms with Gasteiger partial charge in [-0.1, -0.05) is 13.8 Å². The predicted molar refractivity (Wildman–Crippen MR) is 66.2 cm³/mol. The summed E-state index contributed by atoms with van der Waals surface area (Å²) in [5, 5.41) is 16.8. The van der Waals surface area contributed by atoms with Crippen LogP contribution in [0, 0.1) is 5.92 Å². The van der Waals surface area contributed by atoms with Gasteiger partial charge in [0.05, 0.1) is 0 Å². The number of thiophene rings is 1. The third kappa shape index (κ3) is 3.93. The Balaban J connectivity index is 2.50. The molecule has 0 amide bonds. The SMILES string of the molecule is CC(NC(CCO)C(C)C)c1ccsc1. The van der Waals surface area contributed by atoms with E-state index in [4.69, 9.17) is 5.11 Å². The van der Waals surface area contributed by atoms with E-state index in [0.29, 0.717) is 18.0 Å². The van der Waals surface area contributed by atoms with Gasteiger partial charge in [-0.2, -0.15) is 11.3 Å². The first-order chi connectivity index (χ1) is 7.15. The van der Waals surface area contributed by atoms with E-state index < -0.39 is 0 Å². The Morgan fingerprint density at radius 3 is 2.60 bits per heavy atom. The van der Waals surface area contributed by atoms with Gasteiger partial charge in [0.2, 0.25) is 0 Å². The van der Waals surface area contributed by atoms with E-state index in [9.17, 15) is 0 Å². The number of hydrogen-bond donors (Lipinski definition) is 2. The molecule has 1 heterocycles. The largest absolute Gasteiger partial charge is 0.396 e. The van der Waals surface area contributed by atoms with Crippen molar-refractivity contribution in [2.45, 2.75) is 39.3 Å². The van der Waals surface area contributed by atoms with E-state index in [1.807, 2.05) is 0 Å². The third-order valence-electron chi connectivity index (χ3n) is 2.75. The van der Waals surface area contributed by atoms with Crippen molar-refractivity contribution in [1.82, 2.24) is 5.32 Å². The van der Waals surface area contributed by atoms with E-state index in [-0.39, 0.29) is 6.61 Å². The summed E-state index contributed by atoms with van der Waals surface area (Å²) in [6.07, 6.45) is 0.826. The predicted octanol–water partition coefficient (Wildman–Crippen LogP) is 2.81. The topological polar surface area (TPSA) is 32.3 Å². The Morgan fingerprint density at radius 1 is 1.40 bits per heavy atom. The zero-order valence-corrected chi connectivity index (χ0v) is 10.6. The number of aliphatic hydroxyl groups excluding tert-OH is 1. The maximum atomic E-state index is 8.99. The highest BCUT2D eigenvalue weighted by Gasteiger charge is 2.16. The average Bonchev–Trinajstić information content (AvgIpc) is 2.69. The molecule has 2 atom stereocenters. The zero-order valence-electron chi connectivity index (χ0n) is 9.73. The van der Waals surface area contributed by atoms with Gasteiger partial charge in [0, 0.05) is 18.7 Å². The molecular weight excluding hydrogens is 206 g/mol. The van der Waals surface area contributed by atoms with Crippen LogP contribution in [0.2, 0.25) is 0 Å². The molecule has 2 N–H and O–H groups in total. The van der Waals surface area contributed by atoms with Gasteiger partial charge in [0.25, 0.3) is 0 Å². The number of rotatable bonds is 6. The summed E-state index contributed by atoms with van der Waals surface area (Å²) in [4.78, 5) is 0. The smallest absolute Gasteiger partial charge is 0.0445 e. The molecule has 0 fully saturated rings. The number of nitrogens with one attached hydrogen (secondary N) is 1. The molecule has 0 aliphatic heterocycles. The molecular formula is C12H21NOS. The minimum Gasteiger partial charge on any atom is -0.396 e. The second-order valence-corrected chi connectivity index (χ2v) is 5.09. The Labute approximate surface area is 96.3 Å². The van der Waals surface area contributed by atoms with Gasteiger partial charge < -0.3 is 10.4 Å². The Bertz CT molecular complexity index is 259. The quantitative estimate of drug-likeness (QED) is 0.783. The molecule has 1 aromatic heterocycles. The fourth-order valence-corrected chi connectivity index (χ4v) is 2.44. The van der Waals surface area contributed by atoms with E-state index >= 15 is 0 Å². The highest BCUT2D eigenvalue weighted by molar-refractivity contribution is 7.07. The van der Waals surface area contributed by atoms with Crippen LogP contribution in [0.25, 0.3) is 0 Å². The molecule has 0 aromatic carbocycles. The van der Waals surface area contributed by atoms with Gasteiger partial charge in [-0.3, -0.25) is 0 Å². The van der Waals surface area contributed by atoms with Crippen LogP contribution >= 0.6 is 11.3 Å². The third-order valence-corrected chi connectivity index (χ3v) is 3.45. The van der Waals surface area contributed by atoms with Crippen LogP contribution in [0.15, 0.2) is 16.8 Å². The van der Waals surface area contributed by atoms with E-state index in [0.717, 1.165) is 6.42 Å². The maximum Gasteiger partial charge on any atom is 0.0445 e. The Hall–Kier alpha value is -0.380. The lowest BCUT2D eigenvalue weighted by Crippen LogP contribution is -2.36. The molecule has 1 rings (SSSR count). The Morgan fingerprint density at radius 2 is 2.13 bits per heavy atom. The van der Waals surface area contributed by atoms with Crippen molar-refractivity contribution in [2.75, 3.05) is 6.61 Å². The van der Waals surface area contributed by atoms with E-state index in [2.05, 4.69) is 42.9 Å². The first-order valence-electron chi connectivity index (χ1n) is 5.54. The first-order valence-corrected chi connectivity index (χ1v) is 6.48. The lowest BCUT2D eigenvalue weighted by molar-refractivity contribution is 0.237. The van der Waals surface area contributed by atoms with Crippen molar-refractivity contribution in [3.05, 3.63) is 22.4 Å². The van der Waals surface area contributed by atoms with Crippen molar-refractivity contribution in [1.29, 1.82) is 0 Å². The molecule has 0 saturated carbocycles. The summed E-state index contributed by atoms with van der Waals surface area (Å²) in [5.41, 5.74) is 1.34. The fourth-order valence-electron chi connectivity index (χ4n) is 1.69. The molecule has 15 heavy (non-hydrogen) atoms. The van der Waals surface area contributed by atoms with Crippen LogP contribution < -0.4 is 5.32 Å². The molecule has 0 saturated heterocycles. The van der Waals surface area contributed by atoms with E-state index in [1.54, 1.807) is 11.3 Å². The zero-order chi connectivity index (χ0) is 11.3. The van der Waals surface area contributed by atoms with Crippen LogP contribution in [-0.2, 0) is 0 Å². The van der Waals surface area contributed by atoms with Crippen LogP contribution in [0.3, 0.4) is 0 Å². The molecule has 3 heteroatoms. The lowest BCUT2D eigenvalue weighted by atomic mass is 9.99.